The molecule has 0 rings (SSSR count). The Balaban J connectivity index is 4.12. The number of ether oxygens (including phenoxy) is 2. The SMILES string of the molecule is CC(=O)OCCCN(CCCO)CC(=O)OC(C)(C)C. The molecule has 0 aliphatic carbocycles. The van der Waals surface area contributed by atoms with Crippen LogP contribution in [0.15, 0.2) is 0 Å². The van der Waals surface area contributed by atoms with Gasteiger partial charge < -0.3 is 14.6 Å². The summed E-state index contributed by atoms with van der Waals surface area (Å²) >= 11 is 0. The van der Waals surface area contributed by atoms with Crippen LogP contribution in [-0.4, -0.2) is 60.4 Å². The molecule has 0 unspecified atom stereocenters. The van der Waals surface area contributed by atoms with Crippen molar-refractivity contribution in [2.75, 3.05) is 32.8 Å². The molecule has 0 amide bonds. The van der Waals surface area contributed by atoms with E-state index in [1.807, 2.05) is 25.7 Å². The molecule has 0 saturated heterocycles. The van der Waals surface area contributed by atoms with Gasteiger partial charge in [-0.25, -0.2) is 0 Å². The number of aliphatic hydroxyl groups excluding tert-OH is 1. The number of rotatable bonds is 9. The molecule has 6 heteroatoms. The van der Waals surface area contributed by atoms with Crippen molar-refractivity contribution in [3.8, 4) is 0 Å². The second kappa shape index (κ2) is 9.72. The van der Waals surface area contributed by atoms with Gasteiger partial charge in [-0.05, 0) is 33.6 Å². The van der Waals surface area contributed by atoms with Gasteiger partial charge in [0.1, 0.15) is 5.60 Å². The van der Waals surface area contributed by atoms with Crippen LogP contribution in [-0.2, 0) is 19.1 Å². The summed E-state index contributed by atoms with van der Waals surface area (Å²) in [5.41, 5.74) is -0.503. The minimum Gasteiger partial charge on any atom is -0.466 e. The molecule has 118 valence electrons. The monoisotopic (exact) mass is 289 g/mol. The maximum Gasteiger partial charge on any atom is 0.320 e. The second-order valence-electron chi connectivity index (χ2n) is 5.63. The zero-order valence-electron chi connectivity index (χ0n) is 13.0. The van der Waals surface area contributed by atoms with Crippen molar-refractivity contribution in [1.29, 1.82) is 0 Å². The highest BCUT2D eigenvalue weighted by atomic mass is 16.6. The van der Waals surface area contributed by atoms with E-state index in [4.69, 9.17) is 14.6 Å². The number of hydrogen-bond donors (Lipinski definition) is 1. The second-order valence-corrected chi connectivity index (χ2v) is 5.63. The molecule has 0 aliphatic heterocycles. The predicted octanol–water partition coefficient (Wildman–Crippen LogP) is 0.966. The maximum atomic E-state index is 11.8. The van der Waals surface area contributed by atoms with Crippen LogP contribution in [0.25, 0.3) is 0 Å². The Bertz CT molecular complexity index is 298. The van der Waals surface area contributed by atoms with E-state index in [1.54, 1.807) is 0 Å². The Morgan fingerprint density at radius 3 is 2.25 bits per heavy atom. The molecule has 6 nitrogen and oxygen atoms in total. The van der Waals surface area contributed by atoms with Crippen LogP contribution < -0.4 is 0 Å². The molecule has 0 saturated carbocycles. The molecule has 0 aromatic heterocycles. The van der Waals surface area contributed by atoms with Crippen LogP contribution in [0.1, 0.15) is 40.5 Å². The van der Waals surface area contributed by atoms with Crippen LogP contribution in [0.3, 0.4) is 0 Å². The predicted molar refractivity (Wildman–Crippen MR) is 75.2 cm³/mol. The fraction of sp³-hybridized carbons (Fsp3) is 0.857. The van der Waals surface area contributed by atoms with Crippen molar-refractivity contribution in [1.82, 2.24) is 4.90 Å². The zero-order chi connectivity index (χ0) is 15.6. The van der Waals surface area contributed by atoms with Gasteiger partial charge in [0.05, 0.1) is 13.2 Å². The lowest BCUT2D eigenvalue weighted by molar-refractivity contribution is -0.156. The molecular weight excluding hydrogens is 262 g/mol. The summed E-state index contributed by atoms with van der Waals surface area (Å²) in [6.07, 6.45) is 1.24. The van der Waals surface area contributed by atoms with E-state index in [-0.39, 0.29) is 25.1 Å². The lowest BCUT2D eigenvalue weighted by Crippen LogP contribution is -2.36. The van der Waals surface area contributed by atoms with Crippen molar-refractivity contribution in [3.63, 3.8) is 0 Å². The molecule has 0 aliphatic rings. The fourth-order valence-electron chi connectivity index (χ4n) is 1.62. The van der Waals surface area contributed by atoms with Crippen molar-refractivity contribution in [2.24, 2.45) is 0 Å². The third-order valence-corrected chi connectivity index (χ3v) is 2.33. The Morgan fingerprint density at radius 2 is 1.75 bits per heavy atom. The standard InChI is InChI=1S/C14H27NO5/c1-12(17)19-10-6-8-15(7-5-9-16)11-13(18)20-14(2,3)4/h16H,5-11H2,1-4H3. The van der Waals surface area contributed by atoms with E-state index in [1.165, 1.54) is 6.92 Å². The van der Waals surface area contributed by atoms with Gasteiger partial charge in [-0.2, -0.15) is 0 Å². The van der Waals surface area contributed by atoms with E-state index >= 15 is 0 Å². The summed E-state index contributed by atoms with van der Waals surface area (Å²) in [7, 11) is 0. The summed E-state index contributed by atoms with van der Waals surface area (Å²) in [5.74, 6) is -0.595. The number of aliphatic hydroxyl groups is 1. The molecule has 20 heavy (non-hydrogen) atoms. The van der Waals surface area contributed by atoms with Crippen LogP contribution in [0.5, 0.6) is 0 Å². The summed E-state index contributed by atoms with van der Waals surface area (Å²) in [5, 5.41) is 8.87. The first kappa shape index (κ1) is 18.9. The van der Waals surface area contributed by atoms with Gasteiger partial charge in [-0.1, -0.05) is 0 Å². The first-order chi connectivity index (χ1) is 9.24. The van der Waals surface area contributed by atoms with Crippen molar-refractivity contribution in [3.05, 3.63) is 0 Å². The average Bonchev–Trinajstić information content (AvgIpc) is 2.28. The Labute approximate surface area is 121 Å². The van der Waals surface area contributed by atoms with Gasteiger partial charge in [-0.15, -0.1) is 0 Å². The van der Waals surface area contributed by atoms with Gasteiger partial charge in [-0.3, -0.25) is 14.5 Å². The third-order valence-electron chi connectivity index (χ3n) is 2.33. The van der Waals surface area contributed by atoms with Crippen molar-refractivity contribution in [2.45, 2.75) is 46.1 Å². The average molecular weight is 289 g/mol. The van der Waals surface area contributed by atoms with Gasteiger partial charge in [0.15, 0.2) is 0 Å². The van der Waals surface area contributed by atoms with Gasteiger partial charge in [0, 0.05) is 26.6 Å². The van der Waals surface area contributed by atoms with E-state index in [9.17, 15) is 9.59 Å². The normalized spacial score (nSPS) is 11.5. The van der Waals surface area contributed by atoms with E-state index in [0.717, 1.165) is 0 Å². The number of esters is 2. The lowest BCUT2D eigenvalue weighted by Gasteiger charge is -2.24. The van der Waals surface area contributed by atoms with Crippen LogP contribution in [0.4, 0.5) is 0 Å². The van der Waals surface area contributed by atoms with Gasteiger partial charge in [0.25, 0.3) is 0 Å². The Hall–Kier alpha value is -1.14. The van der Waals surface area contributed by atoms with Crippen LogP contribution in [0, 0.1) is 0 Å². The molecule has 0 spiro atoms. The zero-order valence-corrected chi connectivity index (χ0v) is 13.0. The molecule has 0 heterocycles. The smallest absolute Gasteiger partial charge is 0.320 e. The molecule has 1 N–H and O–H groups in total. The molecule has 0 aromatic carbocycles. The summed E-state index contributed by atoms with van der Waals surface area (Å²) < 4.78 is 10.1. The number of hydrogen-bond acceptors (Lipinski definition) is 6. The Kier molecular flexibility index (Phi) is 9.16. The van der Waals surface area contributed by atoms with E-state index in [2.05, 4.69) is 0 Å². The van der Waals surface area contributed by atoms with E-state index in [0.29, 0.717) is 32.5 Å². The van der Waals surface area contributed by atoms with Crippen LogP contribution >= 0.6 is 0 Å². The first-order valence-corrected chi connectivity index (χ1v) is 6.93. The molecule has 0 atom stereocenters. The minimum absolute atomic E-state index is 0.0781. The number of carbonyl (C=O) groups excluding carboxylic acids is 2. The van der Waals surface area contributed by atoms with Gasteiger partial charge >= 0.3 is 11.9 Å². The number of nitrogens with zero attached hydrogens (tertiary/aromatic N) is 1. The fourth-order valence-corrected chi connectivity index (χ4v) is 1.62. The largest absolute Gasteiger partial charge is 0.466 e. The van der Waals surface area contributed by atoms with E-state index < -0.39 is 5.60 Å². The topological polar surface area (TPSA) is 76.1 Å². The van der Waals surface area contributed by atoms with Crippen molar-refractivity contribution >= 4 is 11.9 Å². The highest BCUT2D eigenvalue weighted by Crippen LogP contribution is 2.08. The summed E-state index contributed by atoms with van der Waals surface area (Å²) in [6, 6.07) is 0. The third kappa shape index (κ3) is 11.9. The number of carbonyl (C=O) groups is 2. The summed E-state index contributed by atoms with van der Waals surface area (Å²) in [4.78, 5) is 24.3. The quantitative estimate of drug-likeness (QED) is 0.503. The highest BCUT2D eigenvalue weighted by molar-refractivity contribution is 5.72. The molecule has 0 aromatic rings. The molecule has 0 fully saturated rings. The molecule has 0 radical (unpaired) electrons. The first-order valence-electron chi connectivity index (χ1n) is 6.93. The lowest BCUT2D eigenvalue weighted by atomic mass is 10.2. The Morgan fingerprint density at radius 1 is 1.15 bits per heavy atom. The highest BCUT2D eigenvalue weighted by Gasteiger charge is 2.18. The molecule has 0 bridgehead atoms. The molecular formula is C14H27NO5. The van der Waals surface area contributed by atoms with Crippen LogP contribution in [0.2, 0.25) is 0 Å². The van der Waals surface area contributed by atoms with Gasteiger partial charge in [0.2, 0.25) is 0 Å². The summed E-state index contributed by atoms with van der Waals surface area (Å²) in [6.45, 7) is 8.65. The minimum atomic E-state index is -0.503. The maximum absolute atomic E-state index is 11.8. The van der Waals surface area contributed by atoms with Crippen molar-refractivity contribution < 1.29 is 24.2 Å².